The first-order valence-corrected chi connectivity index (χ1v) is 7.62. The van der Waals surface area contributed by atoms with E-state index in [9.17, 15) is 4.79 Å². The lowest BCUT2D eigenvalue weighted by Crippen LogP contribution is -2.42. The Hall–Kier alpha value is -0.570. The van der Waals surface area contributed by atoms with Crippen molar-refractivity contribution in [1.29, 1.82) is 0 Å². The van der Waals surface area contributed by atoms with E-state index in [4.69, 9.17) is 0 Å². The van der Waals surface area contributed by atoms with Gasteiger partial charge in [0.15, 0.2) is 0 Å². The van der Waals surface area contributed by atoms with Gasteiger partial charge in [-0.1, -0.05) is 27.2 Å². The highest BCUT2D eigenvalue weighted by Crippen LogP contribution is 2.54. The summed E-state index contributed by atoms with van der Waals surface area (Å²) in [5.41, 5.74) is 0.302. The molecule has 0 radical (unpaired) electrons. The van der Waals surface area contributed by atoms with E-state index in [1.165, 1.54) is 12.8 Å². The van der Waals surface area contributed by atoms with Gasteiger partial charge in [-0.15, -0.1) is 0 Å². The van der Waals surface area contributed by atoms with E-state index in [0.29, 0.717) is 23.4 Å². The van der Waals surface area contributed by atoms with E-state index < -0.39 is 0 Å². The molecule has 0 aromatic carbocycles. The van der Waals surface area contributed by atoms with Gasteiger partial charge in [0.25, 0.3) is 0 Å². The third-order valence-electron chi connectivity index (χ3n) is 5.40. The fraction of sp³-hybridized carbons (Fsp3) is 0.933. The molecule has 3 fully saturated rings. The first-order chi connectivity index (χ1) is 8.53. The lowest BCUT2D eigenvalue weighted by atomic mass is 9.91. The van der Waals surface area contributed by atoms with Crippen molar-refractivity contribution in [3.05, 3.63) is 0 Å². The maximum atomic E-state index is 12.6. The third kappa shape index (κ3) is 1.78. The summed E-state index contributed by atoms with van der Waals surface area (Å²) >= 11 is 0. The van der Waals surface area contributed by atoms with Crippen molar-refractivity contribution in [3.8, 4) is 0 Å². The van der Waals surface area contributed by atoms with Crippen LogP contribution in [0.3, 0.4) is 0 Å². The summed E-state index contributed by atoms with van der Waals surface area (Å²) in [5.74, 6) is 1.09. The molecule has 0 bridgehead atoms. The van der Waals surface area contributed by atoms with Crippen LogP contribution in [0.1, 0.15) is 59.3 Å². The highest BCUT2D eigenvalue weighted by atomic mass is 16.2. The Morgan fingerprint density at radius 2 is 2.00 bits per heavy atom. The predicted octanol–water partition coefficient (Wildman–Crippen LogP) is 2.51. The monoisotopic (exact) mass is 250 g/mol. The molecule has 1 spiro atoms. The van der Waals surface area contributed by atoms with Crippen LogP contribution in [0.2, 0.25) is 0 Å². The fourth-order valence-corrected chi connectivity index (χ4v) is 3.46. The molecule has 0 aromatic heterocycles. The van der Waals surface area contributed by atoms with Gasteiger partial charge in [0.2, 0.25) is 5.91 Å². The molecular weight excluding hydrogens is 224 g/mol. The van der Waals surface area contributed by atoms with Crippen LogP contribution in [-0.4, -0.2) is 29.1 Å². The fourth-order valence-electron chi connectivity index (χ4n) is 3.46. The number of hydrogen-bond donors (Lipinski definition) is 1. The molecule has 0 aromatic rings. The summed E-state index contributed by atoms with van der Waals surface area (Å²) in [5, 5.41) is 3.61. The van der Waals surface area contributed by atoms with Crippen molar-refractivity contribution in [1.82, 2.24) is 10.2 Å². The molecule has 3 rings (SSSR count). The number of nitrogens with one attached hydrogen (secondary N) is 1. The molecule has 2 saturated carbocycles. The average molecular weight is 250 g/mol. The average Bonchev–Trinajstić information content (AvgIpc) is 3.20. The summed E-state index contributed by atoms with van der Waals surface area (Å²) in [4.78, 5) is 14.8. The minimum Gasteiger partial charge on any atom is -0.325 e. The molecule has 2 aliphatic carbocycles. The highest BCUT2D eigenvalue weighted by Gasteiger charge is 2.60. The highest BCUT2D eigenvalue weighted by molar-refractivity contribution is 5.91. The van der Waals surface area contributed by atoms with E-state index in [1.54, 1.807) is 0 Å². The van der Waals surface area contributed by atoms with Gasteiger partial charge in [-0.3, -0.25) is 10.1 Å². The summed E-state index contributed by atoms with van der Waals surface area (Å²) in [6.07, 6.45) is 7.27. The minimum atomic E-state index is -0.132. The van der Waals surface area contributed by atoms with Crippen LogP contribution < -0.4 is 5.32 Å². The van der Waals surface area contributed by atoms with E-state index >= 15 is 0 Å². The van der Waals surface area contributed by atoms with Gasteiger partial charge in [-0.05, 0) is 43.4 Å². The smallest absolute Gasteiger partial charge is 0.244 e. The molecule has 1 unspecified atom stereocenters. The molecule has 102 valence electrons. The van der Waals surface area contributed by atoms with Gasteiger partial charge >= 0.3 is 0 Å². The molecule has 1 N–H and O–H groups in total. The van der Waals surface area contributed by atoms with Crippen molar-refractivity contribution in [2.75, 3.05) is 6.54 Å². The molecular formula is C15H26N2O. The van der Waals surface area contributed by atoms with Gasteiger partial charge in [0.1, 0.15) is 0 Å². The number of rotatable bonds is 5. The van der Waals surface area contributed by atoms with Gasteiger partial charge in [0, 0.05) is 6.54 Å². The van der Waals surface area contributed by atoms with Crippen molar-refractivity contribution in [2.24, 2.45) is 11.3 Å². The zero-order chi connectivity index (χ0) is 13.0. The maximum absolute atomic E-state index is 12.6. The van der Waals surface area contributed by atoms with Crippen molar-refractivity contribution < 1.29 is 4.79 Å². The Balaban J connectivity index is 1.74. The molecule has 3 nitrogen and oxygen atoms in total. The topological polar surface area (TPSA) is 32.3 Å². The van der Waals surface area contributed by atoms with Crippen molar-refractivity contribution >= 4 is 5.91 Å². The molecule has 1 aliphatic heterocycles. The molecule has 1 amide bonds. The van der Waals surface area contributed by atoms with Crippen LogP contribution in [0.5, 0.6) is 0 Å². The molecule has 1 atom stereocenters. The first-order valence-electron chi connectivity index (χ1n) is 7.62. The number of amides is 1. The maximum Gasteiger partial charge on any atom is 0.244 e. The molecule has 1 saturated heterocycles. The van der Waals surface area contributed by atoms with E-state index in [2.05, 4.69) is 31.0 Å². The Morgan fingerprint density at radius 3 is 2.44 bits per heavy atom. The third-order valence-corrected chi connectivity index (χ3v) is 5.40. The number of carbonyl (C=O) groups excluding carboxylic acids is 1. The summed E-state index contributed by atoms with van der Waals surface area (Å²) in [6.45, 7) is 7.81. The van der Waals surface area contributed by atoms with E-state index in [0.717, 1.165) is 32.2 Å². The Kier molecular flexibility index (Phi) is 2.74. The summed E-state index contributed by atoms with van der Waals surface area (Å²) in [6, 6.07) is 0. The molecule has 1 heterocycles. The number of carbonyl (C=O) groups is 1. The van der Waals surface area contributed by atoms with Crippen LogP contribution in [0.15, 0.2) is 0 Å². The van der Waals surface area contributed by atoms with Crippen LogP contribution in [0.4, 0.5) is 0 Å². The van der Waals surface area contributed by atoms with E-state index in [1.807, 2.05) is 0 Å². The number of nitrogens with zero attached hydrogens (tertiary/aromatic N) is 1. The Labute approximate surface area is 110 Å². The Morgan fingerprint density at radius 1 is 1.33 bits per heavy atom. The normalized spacial score (nSPS) is 31.4. The zero-order valence-electron chi connectivity index (χ0n) is 12.0. The van der Waals surface area contributed by atoms with Crippen LogP contribution in [0, 0.1) is 11.3 Å². The standard InChI is InChI=1S/C15H26N2O/c1-4-5-12-16-15(8-9-15)13(18)17(12)10-14(6-7-14)11(2)3/h11-12,16H,4-10H2,1-3H3. The second-order valence-electron chi connectivity index (χ2n) is 6.98. The largest absolute Gasteiger partial charge is 0.325 e. The SMILES string of the molecule is CCCC1NC2(CC2)C(=O)N1CC1(C(C)C)CC1. The van der Waals surface area contributed by atoms with Gasteiger partial charge in [0.05, 0.1) is 11.7 Å². The molecule has 18 heavy (non-hydrogen) atoms. The van der Waals surface area contributed by atoms with Crippen LogP contribution >= 0.6 is 0 Å². The second-order valence-corrected chi connectivity index (χ2v) is 6.98. The van der Waals surface area contributed by atoms with E-state index in [-0.39, 0.29) is 5.54 Å². The second kappa shape index (κ2) is 3.96. The predicted molar refractivity (Wildman–Crippen MR) is 72.0 cm³/mol. The zero-order valence-corrected chi connectivity index (χ0v) is 12.0. The minimum absolute atomic E-state index is 0.132. The van der Waals surface area contributed by atoms with Gasteiger partial charge in [-0.2, -0.15) is 0 Å². The first kappa shape index (κ1) is 12.5. The Bertz CT molecular complexity index is 356. The van der Waals surface area contributed by atoms with Crippen LogP contribution in [-0.2, 0) is 4.79 Å². The summed E-state index contributed by atoms with van der Waals surface area (Å²) in [7, 11) is 0. The molecule has 3 aliphatic rings. The van der Waals surface area contributed by atoms with Gasteiger partial charge in [-0.25, -0.2) is 0 Å². The van der Waals surface area contributed by atoms with Crippen molar-refractivity contribution in [2.45, 2.75) is 71.0 Å². The molecule has 3 heteroatoms. The van der Waals surface area contributed by atoms with Crippen LogP contribution in [0.25, 0.3) is 0 Å². The quantitative estimate of drug-likeness (QED) is 0.813. The lowest BCUT2D eigenvalue weighted by Gasteiger charge is -2.30. The summed E-state index contributed by atoms with van der Waals surface area (Å²) < 4.78 is 0. The van der Waals surface area contributed by atoms with Gasteiger partial charge < -0.3 is 4.90 Å². The number of hydrogen-bond acceptors (Lipinski definition) is 2. The van der Waals surface area contributed by atoms with Crippen molar-refractivity contribution in [3.63, 3.8) is 0 Å². The lowest BCUT2D eigenvalue weighted by molar-refractivity contribution is -0.131.